The predicted octanol–water partition coefficient (Wildman–Crippen LogP) is -1.87. The number of aromatic nitrogens is 1. The average Bonchev–Trinajstić information content (AvgIpc) is 2.77. The molecule has 1 amide bonds. The van der Waals surface area contributed by atoms with Gasteiger partial charge in [-0.15, -0.1) is 0 Å². The molecule has 0 unspecified atom stereocenters. The molecule has 0 aromatic carbocycles. The molecule has 0 bridgehead atoms. The fourth-order valence-corrected chi connectivity index (χ4v) is 1.32. The van der Waals surface area contributed by atoms with Gasteiger partial charge in [0.05, 0.1) is 6.54 Å². The van der Waals surface area contributed by atoms with E-state index in [4.69, 9.17) is 4.84 Å². The Morgan fingerprint density at radius 2 is 2.07 bits per heavy atom. The number of hydroxylamine groups is 2. The van der Waals surface area contributed by atoms with Gasteiger partial charge in [0.2, 0.25) is 0 Å². The van der Waals surface area contributed by atoms with Crippen molar-refractivity contribution in [2.24, 2.45) is 0 Å². The summed E-state index contributed by atoms with van der Waals surface area (Å²) in [5.74, 6) is -0.134. The van der Waals surface area contributed by atoms with Gasteiger partial charge >= 0.3 is 35.7 Å². The van der Waals surface area contributed by atoms with E-state index in [0.29, 0.717) is 13.0 Å². The summed E-state index contributed by atoms with van der Waals surface area (Å²) in [4.78, 5) is 27.3. The van der Waals surface area contributed by atoms with Crippen molar-refractivity contribution in [1.82, 2.24) is 9.63 Å². The number of carbonyl (C=O) groups is 2. The van der Waals surface area contributed by atoms with Crippen molar-refractivity contribution in [3.8, 4) is 0 Å². The third-order valence-corrected chi connectivity index (χ3v) is 2.03. The van der Waals surface area contributed by atoms with E-state index >= 15 is 0 Å². The summed E-state index contributed by atoms with van der Waals surface area (Å²) in [6.45, 7) is 0.492. The molecule has 0 N–H and O–H groups in total. The summed E-state index contributed by atoms with van der Waals surface area (Å²) in [6, 6.07) is 3.43. The molecule has 0 atom stereocenters. The molecule has 0 saturated carbocycles. The number of hydrogen-bond donors (Lipinski definition) is 0. The SMILES string of the molecule is O=C1CCCN1OC(=O)n1cccc1.[H-].[Na+]. The number of nitrogens with zero attached hydrogens (tertiary/aromatic N) is 2. The predicted molar refractivity (Wildman–Crippen MR) is 48.4 cm³/mol. The van der Waals surface area contributed by atoms with Crippen LogP contribution in [0.2, 0.25) is 0 Å². The van der Waals surface area contributed by atoms with Crippen LogP contribution in [0, 0.1) is 0 Å². The molecule has 1 aliphatic rings. The maximum absolute atomic E-state index is 11.4. The summed E-state index contributed by atoms with van der Waals surface area (Å²) in [6.07, 6.45) is 3.80. The molecular formula is C9H11N2NaO3. The van der Waals surface area contributed by atoms with E-state index < -0.39 is 6.09 Å². The summed E-state index contributed by atoms with van der Waals surface area (Å²) >= 11 is 0. The van der Waals surface area contributed by atoms with Crippen LogP contribution in [-0.4, -0.2) is 28.2 Å². The standard InChI is InChI=1S/C9H10N2O3.Na.H/c12-8-4-3-7-11(8)14-9(13)10-5-1-2-6-10;;/h1-2,5-6H,3-4,7H2;;/q;+1;-1. The zero-order chi connectivity index (χ0) is 9.97. The molecule has 1 aromatic heterocycles. The molecule has 2 rings (SSSR count). The number of amides is 1. The molecule has 0 spiro atoms. The van der Waals surface area contributed by atoms with Crippen LogP contribution in [0.15, 0.2) is 24.5 Å². The van der Waals surface area contributed by atoms with Crippen molar-refractivity contribution >= 4 is 12.0 Å². The third-order valence-electron chi connectivity index (χ3n) is 2.03. The first-order chi connectivity index (χ1) is 6.77. The maximum Gasteiger partial charge on any atom is 1.00 e. The minimum Gasteiger partial charge on any atom is -1.00 e. The summed E-state index contributed by atoms with van der Waals surface area (Å²) in [5, 5.41) is 1.11. The first-order valence-corrected chi connectivity index (χ1v) is 4.43. The van der Waals surface area contributed by atoms with Crippen LogP contribution in [0.25, 0.3) is 0 Å². The second kappa shape index (κ2) is 5.34. The van der Waals surface area contributed by atoms with Gasteiger partial charge in [0, 0.05) is 18.8 Å². The molecule has 5 nitrogen and oxygen atoms in total. The summed E-state index contributed by atoms with van der Waals surface area (Å²) in [5.41, 5.74) is 0. The number of hydrogen-bond acceptors (Lipinski definition) is 3. The van der Waals surface area contributed by atoms with Gasteiger partial charge in [0.15, 0.2) is 0 Å². The van der Waals surface area contributed by atoms with Gasteiger partial charge in [-0.3, -0.25) is 9.36 Å². The fraction of sp³-hybridized carbons (Fsp3) is 0.333. The fourth-order valence-electron chi connectivity index (χ4n) is 1.32. The summed E-state index contributed by atoms with van der Waals surface area (Å²) < 4.78 is 1.28. The first-order valence-electron chi connectivity index (χ1n) is 4.43. The van der Waals surface area contributed by atoms with Crippen molar-refractivity contribution in [2.75, 3.05) is 6.54 Å². The Labute approximate surface area is 111 Å². The van der Waals surface area contributed by atoms with Crippen LogP contribution in [-0.2, 0) is 9.63 Å². The monoisotopic (exact) mass is 218 g/mol. The van der Waals surface area contributed by atoms with E-state index in [0.717, 1.165) is 11.5 Å². The molecule has 1 fully saturated rings. The Hall–Kier alpha value is -0.780. The zero-order valence-corrected chi connectivity index (χ0v) is 10.5. The minimum atomic E-state index is -0.551. The molecule has 0 radical (unpaired) electrons. The van der Waals surface area contributed by atoms with Crippen LogP contribution in [0.1, 0.15) is 14.3 Å². The Morgan fingerprint density at radius 3 is 2.60 bits per heavy atom. The van der Waals surface area contributed by atoms with Crippen molar-refractivity contribution in [1.29, 1.82) is 0 Å². The minimum absolute atomic E-state index is 0. The van der Waals surface area contributed by atoms with Gasteiger partial charge in [0.25, 0.3) is 5.91 Å². The number of carbonyl (C=O) groups excluding carboxylic acids is 2. The molecule has 76 valence electrons. The van der Waals surface area contributed by atoms with Crippen molar-refractivity contribution < 1.29 is 45.4 Å². The van der Waals surface area contributed by atoms with Crippen molar-refractivity contribution in [3.05, 3.63) is 24.5 Å². The largest absolute Gasteiger partial charge is 1.00 e. The normalized spacial score (nSPS) is 14.9. The third kappa shape index (κ3) is 2.84. The molecular weight excluding hydrogens is 207 g/mol. The molecule has 1 saturated heterocycles. The Kier molecular flexibility index (Phi) is 4.38. The molecule has 2 heterocycles. The van der Waals surface area contributed by atoms with Crippen LogP contribution in [0.3, 0.4) is 0 Å². The molecule has 1 aromatic rings. The van der Waals surface area contributed by atoms with Crippen LogP contribution in [0.5, 0.6) is 0 Å². The van der Waals surface area contributed by atoms with Crippen LogP contribution in [0.4, 0.5) is 4.79 Å². The molecule has 6 heteroatoms. The van der Waals surface area contributed by atoms with Gasteiger partial charge in [0.1, 0.15) is 0 Å². The average molecular weight is 218 g/mol. The van der Waals surface area contributed by atoms with Crippen LogP contribution >= 0.6 is 0 Å². The van der Waals surface area contributed by atoms with Gasteiger partial charge in [-0.2, -0.15) is 5.06 Å². The quantitative estimate of drug-likeness (QED) is 0.519. The second-order valence-electron chi connectivity index (χ2n) is 3.05. The van der Waals surface area contributed by atoms with E-state index in [1.165, 1.54) is 4.57 Å². The first kappa shape index (κ1) is 12.3. The zero-order valence-electron chi connectivity index (χ0n) is 9.55. The maximum atomic E-state index is 11.4. The van der Waals surface area contributed by atoms with E-state index in [1.54, 1.807) is 24.5 Å². The Balaban J connectivity index is 0.00000112. The Bertz CT molecular complexity index is 356. The van der Waals surface area contributed by atoms with Crippen molar-refractivity contribution in [3.63, 3.8) is 0 Å². The second-order valence-corrected chi connectivity index (χ2v) is 3.05. The van der Waals surface area contributed by atoms with Crippen molar-refractivity contribution in [2.45, 2.75) is 12.8 Å². The van der Waals surface area contributed by atoms with Gasteiger partial charge in [-0.25, -0.2) is 4.79 Å². The molecule has 15 heavy (non-hydrogen) atoms. The van der Waals surface area contributed by atoms with E-state index in [9.17, 15) is 9.59 Å². The Morgan fingerprint density at radius 1 is 1.40 bits per heavy atom. The number of rotatable bonds is 1. The van der Waals surface area contributed by atoms with E-state index in [-0.39, 0.29) is 36.9 Å². The van der Waals surface area contributed by atoms with Gasteiger partial charge < -0.3 is 6.26 Å². The van der Waals surface area contributed by atoms with E-state index in [1.807, 2.05) is 0 Å². The smallest absolute Gasteiger partial charge is 1.00 e. The topological polar surface area (TPSA) is 51.5 Å². The van der Waals surface area contributed by atoms with Gasteiger partial charge in [-0.05, 0) is 18.6 Å². The van der Waals surface area contributed by atoms with Gasteiger partial charge in [-0.1, -0.05) is 0 Å². The summed E-state index contributed by atoms with van der Waals surface area (Å²) in [7, 11) is 0. The van der Waals surface area contributed by atoms with Crippen LogP contribution < -0.4 is 29.6 Å². The molecule has 1 aliphatic heterocycles. The molecule has 0 aliphatic carbocycles. The van der Waals surface area contributed by atoms with E-state index in [2.05, 4.69) is 0 Å².